The number of anilines is 3. The number of hydrogen-bond acceptors (Lipinski definition) is 27. The van der Waals surface area contributed by atoms with Gasteiger partial charge in [0, 0.05) is 96.8 Å². The Labute approximate surface area is 778 Å². The van der Waals surface area contributed by atoms with Crippen molar-refractivity contribution in [2.75, 3.05) is 88.4 Å². The fourth-order valence-corrected chi connectivity index (χ4v) is 15.5. The largest absolute Gasteiger partial charge is 0.630 e. The van der Waals surface area contributed by atoms with Crippen LogP contribution in [0, 0.1) is 57.4 Å². The molecule has 0 aliphatic carbocycles. The number of hydrogen-bond donors (Lipinski definition) is 7. The SMILES string of the molecule is CC(C)(C)OC(=O)N1CCC[C@H](CN)C1.CC(C)(C)OC(=O)N1CCC[C@H](CNc2nc(-c3cnc4ccc(F)cn34)ncc2N)C1.CC(C)(C)OC(=O)N1CCC[C@H](CNc2nc(-c3cnc4ccc(F)cn34)ncc2[NH2+][O-])C1.CC(C)(C)OC(=O)N1CCC[C@H](Cn2c(=O)[nH]c3cnc(-c4cnc5ccc(F)cn45)nc32)C1.O.O.[O-][NH2+]c1cnc(-c2cnc3ccc(F)cn23)nc1Cl. The van der Waals surface area contributed by atoms with Crippen molar-refractivity contribution in [1.29, 1.82) is 0 Å². The van der Waals surface area contributed by atoms with Crippen molar-refractivity contribution in [3.8, 4) is 46.1 Å². The van der Waals surface area contributed by atoms with Crippen LogP contribution in [0.15, 0.2) is 128 Å². The maximum Gasteiger partial charge on any atom is 0.410 e. The van der Waals surface area contributed by atoms with Gasteiger partial charge in [0.1, 0.15) is 96.6 Å². The van der Waals surface area contributed by atoms with Crippen molar-refractivity contribution < 1.29 is 77.6 Å². The lowest BCUT2D eigenvalue weighted by Crippen LogP contribution is -2.70. The Bertz CT molecular complexity index is 6350. The van der Waals surface area contributed by atoms with Crippen LogP contribution in [0.1, 0.15) is 134 Å². The molecule has 15 N–H and O–H groups in total. The number of carbonyl (C=O) groups is 4. The number of likely N-dealkylation sites (tertiary alicyclic amines) is 4. The molecule has 41 nitrogen and oxygen atoms in total. The van der Waals surface area contributed by atoms with Gasteiger partial charge in [-0.15, -0.1) is 0 Å². The quantitative estimate of drug-likeness (QED) is 0.0217. The zero-order valence-electron chi connectivity index (χ0n) is 77.1. The Morgan fingerprint density at radius 3 is 1.16 bits per heavy atom. The summed E-state index contributed by atoms with van der Waals surface area (Å²) >= 11 is 5.84. The minimum Gasteiger partial charge on any atom is -0.630 e. The number of carbonyl (C=O) groups excluding carboxylic acids is 4. The molecule has 0 saturated carbocycles. The third-order valence-corrected chi connectivity index (χ3v) is 21.8. The van der Waals surface area contributed by atoms with E-state index in [0.717, 1.165) is 64.5 Å². The summed E-state index contributed by atoms with van der Waals surface area (Å²) in [6.45, 7) is 29.7. The Morgan fingerprint density at radius 2 is 0.778 bits per heavy atom. The van der Waals surface area contributed by atoms with Gasteiger partial charge in [0.05, 0.1) is 55.3 Å². The van der Waals surface area contributed by atoms with Crippen LogP contribution in [0.5, 0.6) is 0 Å². The summed E-state index contributed by atoms with van der Waals surface area (Å²) in [5.74, 6) is 1.52. The molecule has 4 amide bonds. The van der Waals surface area contributed by atoms with E-state index in [0.29, 0.717) is 179 Å². The van der Waals surface area contributed by atoms with Crippen molar-refractivity contribution in [3.05, 3.63) is 172 Å². The van der Waals surface area contributed by atoms with Crippen LogP contribution in [0.25, 0.3) is 79.8 Å². The predicted octanol–water partition coefficient (Wildman–Crippen LogP) is 10.7. The Balaban J connectivity index is 0.000000166. The fourth-order valence-electron chi connectivity index (χ4n) is 15.3. The Hall–Kier alpha value is -13.4. The van der Waals surface area contributed by atoms with Crippen molar-refractivity contribution in [1.82, 2.24) is 107 Å². The molecule has 0 bridgehead atoms. The molecule has 135 heavy (non-hydrogen) atoms. The second kappa shape index (κ2) is 44.2. The summed E-state index contributed by atoms with van der Waals surface area (Å²) in [7, 11) is 0. The van der Waals surface area contributed by atoms with Crippen LogP contribution < -0.4 is 38.8 Å². The van der Waals surface area contributed by atoms with E-state index in [2.05, 4.69) is 75.4 Å². The van der Waals surface area contributed by atoms with Crippen LogP contribution in [0.2, 0.25) is 5.15 Å². The minimum atomic E-state index is -0.564. The molecule has 4 saturated heterocycles. The van der Waals surface area contributed by atoms with E-state index in [1.807, 2.05) is 83.1 Å². The number of rotatable bonds is 15. The Kier molecular flexibility index (Phi) is 33.4. The number of aromatic nitrogens is 18. The smallest absolute Gasteiger partial charge is 0.410 e. The lowest BCUT2D eigenvalue weighted by Gasteiger charge is -2.34. The van der Waals surface area contributed by atoms with E-state index in [1.54, 1.807) is 86.4 Å². The minimum absolute atomic E-state index is 0. The van der Waals surface area contributed by atoms with Crippen LogP contribution in [-0.2, 0) is 25.5 Å². The van der Waals surface area contributed by atoms with E-state index >= 15 is 0 Å². The van der Waals surface area contributed by atoms with E-state index in [1.165, 1.54) is 78.2 Å². The third kappa shape index (κ3) is 27.0. The molecule has 724 valence electrons. The molecule has 17 heterocycles. The summed E-state index contributed by atoms with van der Waals surface area (Å²) < 4.78 is 84.1. The highest BCUT2D eigenvalue weighted by atomic mass is 35.5. The summed E-state index contributed by atoms with van der Waals surface area (Å²) in [6.07, 6.45) is 23.7. The average molecular weight is 1900 g/mol. The number of fused-ring (bicyclic) bond motifs is 5. The van der Waals surface area contributed by atoms with Gasteiger partial charge in [-0.2, -0.15) is 0 Å². The highest BCUT2D eigenvalue weighted by molar-refractivity contribution is 6.31. The van der Waals surface area contributed by atoms with Gasteiger partial charge in [0.2, 0.25) is 0 Å². The molecule has 4 aliphatic rings. The zero-order valence-corrected chi connectivity index (χ0v) is 77.8. The molecule has 13 aromatic rings. The maximum atomic E-state index is 13.8. The van der Waals surface area contributed by atoms with Gasteiger partial charge < -0.3 is 98.0 Å². The average Bonchev–Trinajstić information content (AvgIpc) is 1.61. The van der Waals surface area contributed by atoms with Gasteiger partial charge in [-0.05, 0) is 213 Å². The topological polar surface area (TPSA) is 547 Å². The first kappa shape index (κ1) is 102. The molecule has 4 atom stereocenters. The monoisotopic (exact) mass is 1890 g/mol. The van der Waals surface area contributed by atoms with Crippen LogP contribution in [-0.4, -0.2) is 236 Å². The van der Waals surface area contributed by atoms with Crippen LogP contribution in [0.3, 0.4) is 0 Å². The summed E-state index contributed by atoms with van der Waals surface area (Å²) in [4.78, 5) is 123. The molecule has 0 spiro atoms. The molecular formula is C89H115ClF4N28O13. The third-order valence-electron chi connectivity index (χ3n) is 21.5. The van der Waals surface area contributed by atoms with E-state index < -0.39 is 39.9 Å². The van der Waals surface area contributed by atoms with Gasteiger partial charge in [-0.25, -0.2) is 101 Å². The number of nitrogen functional groups attached to an aromatic ring is 1. The summed E-state index contributed by atoms with van der Waals surface area (Å²) in [5, 5.41) is 28.8. The number of ether oxygens (including phenoxy) is 4. The maximum absolute atomic E-state index is 13.8. The highest BCUT2D eigenvalue weighted by Gasteiger charge is 2.34. The van der Waals surface area contributed by atoms with Crippen molar-refractivity contribution in [2.24, 2.45) is 29.4 Å². The molecule has 0 aromatic carbocycles. The van der Waals surface area contributed by atoms with Crippen LogP contribution in [0.4, 0.5) is 65.4 Å². The first-order valence-corrected chi connectivity index (χ1v) is 44.1. The molecule has 0 unspecified atom stereocenters. The van der Waals surface area contributed by atoms with Crippen molar-refractivity contribution >= 4 is 98.4 Å². The lowest BCUT2D eigenvalue weighted by molar-refractivity contribution is -0.497. The number of imidazole rings is 5. The predicted molar refractivity (Wildman–Crippen MR) is 496 cm³/mol. The number of amides is 4. The fraction of sp³-hybridized carbons (Fsp3) is 0.449. The standard InChI is InChI=1S/C23H26FN7O3.C22H28FN7O3.C22H28FN7O2.C11H7ClFN5O.C11H22N2O2.2H2O/c1-23(2,3)34-22(33)29-8-4-5-14(11-29)12-31-20-16(27-21(31)32)9-26-19(28-20)17-10-25-18-7-6-15(24)13-30(17)18;1-22(2,3)33-21(31)29-8-4-5-14(12-29)9-25-19-16(28-32)10-26-20(27-19)17-11-24-18-7-6-15(23)13-30(17)18;1-22(2,3)32-21(31)29-8-4-5-14(12-29)9-26-19-16(24)10-27-20(28-19)17-11-25-18-7-6-15(23)13-30(17)18;12-10-7(17-19)3-15-11(16-10)8-4-14-9-2-1-6(13)5-18(8)9;1-11(2,3)15-10(14)13-6-4-5-9(7-12)8-13;;/h6-7,9-10,13-14H,4-5,8,11-12H2,1-3H3,(H,27,32);6-7,10-11,13-14H,4-5,8-9,12,28H2,1-3H3,(H,25,26,27);6-7,10-11,13-14H,4-5,8-9,12,24H2,1-3H3,(H,26,27,28);1-5H,17H2;9H,4-8,12H2,1-3H3;2*1H2/t3*14-;;9-;;/m011.1../s1. The normalized spacial score (nSPS) is 16.4. The molecule has 46 heteroatoms. The van der Waals surface area contributed by atoms with E-state index in [-0.39, 0.29) is 81.3 Å². The first-order chi connectivity index (χ1) is 63.2. The molecule has 4 aliphatic heterocycles. The van der Waals surface area contributed by atoms with Crippen LogP contribution >= 0.6 is 11.6 Å². The van der Waals surface area contributed by atoms with Gasteiger partial charge >= 0.3 is 30.1 Å². The van der Waals surface area contributed by atoms with Crippen molar-refractivity contribution in [2.45, 2.75) is 163 Å². The number of quaternary nitrogens is 2. The molecular weight excluding hydrogens is 1780 g/mol. The zero-order chi connectivity index (χ0) is 95.4. The number of halogens is 5. The number of piperidine rings is 4. The lowest BCUT2D eigenvalue weighted by atomic mass is 9.98. The van der Waals surface area contributed by atoms with Gasteiger partial charge in [-0.3, -0.25) is 22.2 Å². The summed E-state index contributed by atoms with van der Waals surface area (Å²) in [5.41, 5.74) is 16.9. The Morgan fingerprint density at radius 1 is 0.452 bits per heavy atom. The number of nitrogens with one attached hydrogen (secondary N) is 3. The molecule has 17 rings (SSSR count). The van der Waals surface area contributed by atoms with Gasteiger partial charge in [0.15, 0.2) is 57.1 Å². The van der Waals surface area contributed by atoms with E-state index in [4.69, 9.17) is 42.0 Å². The van der Waals surface area contributed by atoms with Gasteiger partial charge in [-0.1, -0.05) is 11.6 Å². The molecule has 0 radical (unpaired) electrons. The second-order valence-electron chi connectivity index (χ2n) is 36.8. The van der Waals surface area contributed by atoms with Crippen molar-refractivity contribution in [3.63, 3.8) is 0 Å². The number of nitrogens with zero attached hydrogens (tertiary/aromatic N) is 21. The molecule has 13 aromatic heterocycles. The summed E-state index contributed by atoms with van der Waals surface area (Å²) in [6, 6.07) is 11.6. The van der Waals surface area contributed by atoms with E-state index in [9.17, 15) is 51.9 Å². The number of aromatic amines is 1. The first-order valence-electron chi connectivity index (χ1n) is 43.7. The van der Waals surface area contributed by atoms with Gasteiger partial charge in [0.25, 0.3) is 0 Å². The highest BCUT2D eigenvalue weighted by Crippen LogP contribution is 2.32. The number of pyridine rings is 4. The second-order valence-corrected chi connectivity index (χ2v) is 37.1. The number of H-pyrrole nitrogens is 1. The molecule has 4 fully saturated rings. The number of nitrogens with two attached hydrogens (primary N) is 4.